The molecule has 101 heavy (non-hydrogen) atoms. The van der Waals surface area contributed by atoms with Gasteiger partial charge in [-0.2, -0.15) is 24.9 Å². The number of fused-ring (bicyclic) bond motifs is 16. The summed E-state index contributed by atoms with van der Waals surface area (Å²) in [6.45, 7) is 0. The lowest BCUT2D eigenvalue weighted by Crippen LogP contribution is -2.13. The van der Waals surface area contributed by atoms with Gasteiger partial charge in [0.2, 0.25) is 23.8 Å². The molecule has 15 heterocycles. The molecule has 19 nitrogen and oxygen atoms in total. The summed E-state index contributed by atoms with van der Waals surface area (Å²) in [7, 11) is 0. The maximum absolute atomic E-state index is 5.57. The van der Waals surface area contributed by atoms with Crippen molar-refractivity contribution in [2.24, 2.45) is 0 Å². The maximum Gasteiger partial charge on any atom is 0.242 e. The summed E-state index contributed by atoms with van der Waals surface area (Å²) in [5.74, 6) is 2.33. The largest absolute Gasteiger partial charge is 0.307 e. The molecule has 0 saturated carbocycles. The van der Waals surface area contributed by atoms with E-state index in [4.69, 9.17) is 64.8 Å². The Kier molecular flexibility index (Phi) is 12.2. The predicted octanol–water partition coefficient (Wildman–Crippen LogP) is 17.0. The second-order valence-electron chi connectivity index (χ2n) is 24.7. The Morgan fingerprint density at radius 2 is 0.782 bits per heavy atom. The average Bonchev–Trinajstić information content (AvgIpc) is 1.54. The van der Waals surface area contributed by atoms with E-state index < -0.39 is 0 Å². The van der Waals surface area contributed by atoms with Gasteiger partial charge in [0.15, 0.2) is 11.6 Å². The van der Waals surface area contributed by atoms with Crippen molar-refractivity contribution in [2.75, 3.05) is 0 Å². The summed E-state index contributed by atoms with van der Waals surface area (Å²) in [5, 5.41) is 7.32. The molecule has 0 aliphatic rings. The molecule has 0 unspecified atom stereocenters. The van der Waals surface area contributed by atoms with E-state index in [1.807, 2.05) is 148 Å². The molecule has 0 amide bonds. The van der Waals surface area contributed by atoms with Crippen molar-refractivity contribution >= 4 is 110 Å². The Morgan fingerprint density at radius 1 is 0.248 bits per heavy atom. The predicted molar refractivity (Wildman–Crippen MR) is 394 cm³/mol. The first-order valence-corrected chi connectivity index (χ1v) is 32.9. The highest BCUT2D eigenvalue weighted by Crippen LogP contribution is 2.47. The first kappa shape index (κ1) is 55.8. The number of hydrogen-bond donors (Lipinski definition) is 0. The van der Waals surface area contributed by atoms with Crippen molar-refractivity contribution < 1.29 is 0 Å². The minimum absolute atomic E-state index is 0.297. The molecular formula is C82H47N19. The summed E-state index contributed by atoms with van der Waals surface area (Å²) in [4.78, 5) is 72.5. The maximum atomic E-state index is 5.57. The van der Waals surface area contributed by atoms with Gasteiger partial charge in [0.05, 0.1) is 78.4 Å². The summed E-state index contributed by atoms with van der Waals surface area (Å²) in [6, 6.07) is 78.1. The standard InChI is InChI=1S/C82H47N19/c1-2-22-52(23-3-1)97-65-31-7-5-25-55(65)70-59(44-58-53-24-4-6-30-64(53)99(73(58)74(70)97)79-92-75(50-20-12-18-48(42-50)61-28-8-10-35-84-61)91-76(93-79)51-21-13-19-49(43-51)62-29-9-11-36-85-62)63-45-68-60(46-90-63)54-26-14-39-88-77(54)101(68)82-95-80(98-66-32-16-37-86-71(66)56-34-41-83-47-69(56)98)94-81(96-82)100-67-33-17-38-87-72(67)57-27-15-40-89-78(57)100/h1-47H. The molecule has 19 heteroatoms. The van der Waals surface area contributed by atoms with Crippen LogP contribution >= 0.6 is 0 Å². The zero-order chi connectivity index (χ0) is 66.2. The third kappa shape index (κ3) is 8.60. The van der Waals surface area contributed by atoms with E-state index in [0.29, 0.717) is 52.4 Å². The number of benzene rings is 6. The van der Waals surface area contributed by atoms with Crippen LogP contribution in [0.15, 0.2) is 286 Å². The molecule has 0 saturated heterocycles. The quantitative estimate of drug-likeness (QED) is 0.125. The van der Waals surface area contributed by atoms with Gasteiger partial charge in [0.25, 0.3) is 0 Å². The number of rotatable bonds is 10. The molecule has 0 radical (unpaired) electrons. The first-order chi connectivity index (χ1) is 50.1. The van der Waals surface area contributed by atoms with Gasteiger partial charge in [-0.05, 0) is 127 Å². The average molecular weight is 1300 g/mol. The van der Waals surface area contributed by atoms with E-state index in [1.54, 1.807) is 31.0 Å². The molecule has 470 valence electrons. The van der Waals surface area contributed by atoms with Crippen molar-refractivity contribution in [3.63, 3.8) is 0 Å². The molecule has 0 spiro atoms. The van der Waals surface area contributed by atoms with Gasteiger partial charge in [-0.15, -0.1) is 0 Å². The van der Waals surface area contributed by atoms with Crippen molar-refractivity contribution in [1.82, 2.24) is 92.6 Å². The molecule has 0 fully saturated rings. The van der Waals surface area contributed by atoms with Gasteiger partial charge in [0, 0.05) is 126 Å². The third-order valence-electron chi connectivity index (χ3n) is 19.1. The normalized spacial score (nSPS) is 12.0. The van der Waals surface area contributed by atoms with Crippen molar-refractivity contribution in [1.29, 1.82) is 0 Å². The van der Waals surface area contributed by atoms with Crippen LogP contribution in [0.1, 0.15) is 0 Å². The smallest absolute Gasteiger partial charge is 0.242 e. The fraction of sp³-hybridized carbons (Fsp3) is 0. The highest BCUT2D eigenvalue weighted by atomic mass is 15.3. The van der Waals surface area contributed by atoms with Crippen LogP contribution in [-0.2, 0) is 0 Å². The fourth-order valence-corrected chi connectivity index (χ4v) is 14.8. The zero-order valence-electron chi connectivity index (χ0n) is 53.1. The number of para-hydroxylation sites is 3. The lowest BCUT2D eigenvalue weighted by Gasteiger charge is -2.15. The summed E-state index contributed by atoms with van der Waals surface area (Å²) in [6.07, 6.45) is 16.3. The lowest BCUT2D eigenvalue weighted by atomic mass is 9.99. The van der Waals surface area contributed by atoms with Gasteiger partial charge >= 0.3 is 0 Å². The second kappa shape index (κ2) is 22.0. The fourth-order valence-electron chi connectivity index (χ4n) is 14.8. The Balaban J connectivity index is 0.852. The number of nitrogens with zero attached hydrogens (tertiary/aromatic N) is 19. The summed E-state index contributed by atoms with van der Waals surface area (Å²) >= 11 is 0. The molecule has 0 aliphatic heterocycles. The van der Waals surface area contributed by atoms with Gasteiger partial charge < -0.3 is 4.57 Å². The first-order valence-electron chi connectivity index (χ1n) is 32.9. The Hall–Kier alpha value is -14.5. The topological polar surface area (TPSA) is 205 Å². The van der Waals surface area contributed by atoms with Crippen LogP contribution in [0.25, 0.3) is 196 Å². The number of aromatic nitrogens is 19. The van der Waals surface area contributed by atoms with Crippen LogP contribution in [-0.4, -0.2) is 92.6 Å². The van der Waals surface area contributed by atoms with E-state index in [-0.39, 0.29) is 0 Å². The van der Waals surface area contributed by atoms with Gasteiger partial charge in [-0.25, -0.2) is 15.0 Å². The van der Waals surface area contributed by atoms with Crippen LogP contribution in [0.5, 0.6) is 0 Å². The van der Waals surface area contributed by atoms with E-state index in [2.05, 4.69) is 135 Å². The summed E-state index contributed by atoms with van der Waals surface area (Å²) < 4.78 is 10.6. The SMILES string of the molecule is c1ccc(-n2c3ccccc3c3c(-c4cc5c(cn4)c4cccnc4n5-c4nc(-n5c6cnccc6c6ncccc65)nc(-n5c6cccnc6c6cccnc65)n4)cc4c5ccccc5n(-c5nc(-c6cccc(-c7ccccn7)c6)nc(-c6cccc(-c7ccccn7)c6)n5)c4c32)cc1. The Bertz CT molecular complexity index is 6640. The molecule has 0 aliphatic carbocycles. The molecule has 0 atom stereocenters. The number of hydrogen-bond acceptors (Lipinski definition) is 14. The second-order valence-corrected chi connectivity index (χ2v) is 24.7. The molecule has 15 aromatic heterocycles. The molecule has 21 aromatic rings. The van der Waals surface area contributed by atoms with Crippen LogP contribution in [0.2, 0.25) is 0 Å². The molecule has 0 bridgehead atoms. The minimum Gasteiger partial charge on any atom is -0.307 e. The monoisotopic (exact) mass is 1300 g/mol. The van der Waals surface area contributed by atoms with Gasteiger partial charge in [0.1, 0.15) is 11.3 Å². The Morgan fingerprint density at radius 3 is 1.48 bits per heavy atom. The van der Waals surface area contributed by atoms with Crippen molar-refractivity contribution in [3.8, 4) is 86.0 Å². The highest BCUT2D eigenvalue weighted by molar-refractivity contribution is 6.28. The molecule has 21 rings (SSSR count). The zero-order valence-corrected chi connectivity index (χ0v) is 53.1. The van der Waals surface area contributed by atoms with Crippen LogP contribution in [0, 0.1) is 0 Å². The van der Waals surface area contributed by atoms with Gasteiger partial charge in [-0.1, -0.05) is 103 Å². The van der Waals surface area contributed by atoms with Crippen molar-refractivity contribution in [3.05, 3.63) is 286 Å². The van der Waals surface area contributed by atoms with E-state index in [0.717, 1.165) is 143 Å². The molecular weight excluding hydrogens is 1250 g/mol. The Labute approximate surface area is 571 Å². The van der Waals surface area contributed by atoms with Gasteiger partial charge in [-0.3, -0.25) is 48.2 Å². The lowest BCUT2D eigenvalue weighted by molar-refractivity contribution is 0.841. The number of pyridine rings is 8. The molecule has 6 aromatic carbocycles. The highest BCUT2D eigenvalue weighted by Gasteiger charge is 2.30. The minimum atomic E-state index is 0.297. The van der Waals surface area contributed by atoms with E-state index in [9.17, 15) is 0 Å². The molecule has 0 N–H and O–H groups in total. The van der Waals surface area contributed by atoms with E-state index >= 15 is 0 Å². The third-order valence-corrected chi connectivity index (χ3v) is 19.1. The van der Waals surface area contributed by atoms with Crippen LogP contribution in [0.4, 0.5) is 0 Å². The summed E-state index contributed by atoms with van der Waals surface area (Å²) in [5.41, 5.74) is 17.2. The van der Waals surface area contributed by atoms with E-state index in [1.165, 1.54) is 0 Å². The van der Waals surface area contributed by atoms with Crippen LogP contribution < -0.4 is 0 Å². The van der Waals surface area contributed by atoms with Crippen molar-refractivity contribution in [2.45, 2.75) is 0 Å². The van der Waals surface area contributed by atoms with Crippen LogP contribution in [0.3, 0.4) is 0 Å².